The fraction of sp³-hybridized carbons (Fsp3) is 0. The van der Waals surface area contributed by atoms with Crippen molar-refractivity contribution >= 4 is 66.7 Å². The van der Waals surface area contributed by atoms with Crippen molar-refractivity contribution in [3.05, 3.63) is 103 Å². The molecule has 0 N–H and O–H groups in total. The first-order valence-corrected chi connectivity index (χ1v) is 11.7. The van der Waals surface area contributed by atoms with Crippen LogP contribution in [0.1, 0.15) is 0 Å². The predicted octanol–water partition coefficient (Wildman–Crippen LogP) is 5.16. The second-order valence-corrected chi connectivity index (χ2v) is 9.45. The summed E-state index contributed by atoms with van der Waals surface area (Å²) in [6, 6.07) is 33.8. The summed E-state index contributed by atoms with van der Waals surface area (Å²) in [4.78, 5) is 0. The maximum Gasteiger partial charge on any atom is 0.252 e. The second kappa shape index (κ2) is 5.60. The molecule has 0 amide bonds. The van der Waals surface area contributed by atoms with Crippen molar-refractivity contribution in [3.8, 4) is 11.4 Å². The van der Waals surface area contributed by atoms with E-state index in [0.717, 1.165) is 27.5 Å². The first kappa shape index (κ1) is 17.2. The minimum Gasteiger partial charge on any atom is -0.310 e. The summed E-state index contributed by atoms with van der Waals surface area (Å²) in [5.74, 6) is -0.156. The van der Waals surface area contributed by atoms with E-state index < -0.39 is 0 Å². The van der Waals surface area contributed by atoms with Gasteiger partial charge in [0.1, 0.15) is 5.82 Å². The summed E-state index contributed by atoms with van der Waals surface area (Å²) in [6.45, 7) is 0.0617. The number of para-hydroxylation sites is 3. The molecule has 0 saturated carbocycles. The minimum atomic E-state index is -0.156. The first-order chi connectivity index (χ1) is 16.8. The van der Waals surface area contributed by atoms with Crippen molar-refractivity contribution in [2.45, 2.75) is 0 Å². The molecule has 34 heavy (non-hydrogen) atoms. The number of benzene rings is 5. The van der Waals surface area contributed by atoms with Crippen molar-refractivity contribution in [3.63, 3.8) is 0 Å². The van der Waals surface area contributed by atoms with Gasteiger partial charge in [-0.2, -0.15) is 0 Å². The predicted molar refractivity (Wildman–Crippen MR) is 140 cm³/mol. The summed E-state index contributed by atoms with van der Waals surface area (Å²) < 4.78 is 20.1. The molecule has 0 bridgehead atoms. The van der Waals surface area contributed by atoms with Crippen LogP contribution in [0.5, 0.6) is 0 Å². The second-order valence-electron chi connectivity index (χ2n) is 9.45. The van der Waals surface area contributed by atoms with E-state index in [0.29, 0.717) is 0 Å². The highest BCUT2D eigenvalue weighted by molar-refractivity contribution is 7.00. The molecule has 9 rings (SSSR count). The number of halogens is 1. The van der Waals surface area contributed by atoms with Crippen LogP contribution in [0.15, 0.2) is 97.1 Å². The lowest BCUT2D eigenvalue weighted by Crippen LogP contribution is -2.59. The topological polar surface area (TPSA) is 9.86 Å². The zero-order valence-electron chi connectivity index (χ0n) is 18.1. The Hall–Kier alpha value is -4.31. The maximum atomic E-state index is 15.4. The van der Waals surface area contributed by atoms with Gasteiger partial charge in [0.05, 0.1) is 22.1 Å². The lowest BCUT2D eigenvalue weighted by atomic mass is 9.34. The van der Waals surface area contributed by atoms with Crippen molar-refractivity contribution in [1.29, 1.82) is 0 Å². The van der Waals surface area contributed by atoms with Crippen molar-refractivity contribution < 1.29 is 4.39 Å². The molecule has 0 unspecified atom stereocenters. The molecule has 0 radical (unpaired) electrons. The Morgan fingerprint density at radius 1 is 0.529 bits per heavy atom. The Morgan fingerprint density at radius 3 is 2.12 bits per heavy atom. The van der Waals surface area contributed by atoms with Crippen LogP contribution in [0.3, 0.4) is 0 Å². The van der Waals surface area contributed by atoms with Gasteiger partial charge >= 0.3 is 0 Å². The van der Waals surface area contributed by atoms with E-state index in [-0.39, 0.29) is 12.5 Å². The smallest absolute Gasteiger partial charge is 0.252 e. The van der Waals surface area contributed by atoms with E-state index in [1.807, 2.05) is 24.3 Å². The molecule has 0 fully saturated rings. The van der Waals surface area contributed by atoms with Crippen molar-refractivity contribution in [1.82, 2.24) is 9.13 Å². The largest absolute Gasteiger partial charge is 0.310 e. The highest BCUT2D eigenvalue weighted by atomic mass is 19.1. The third-order valence-corrected chi connectivity index (χ3v) is 7.98. The number of hydrogen-bond acceptors (Lipinski definition) is 0. The summed E-state index contributed by atoms with van der Waals surface area (Å²) in [5.41, 5.74) is 10.7. The molecular weight excluding hydrogens is 418 g/mol. The zero-order valence-corrected chi connectivity index (χ0v) is 18.1. The molecule has 4 heterocycles. The zero-order chi connectivity index (χ0) is 22.1. The Bertz CT molecular complexity index is 2050. The molecule has 156 valence electrons. The third kappa shape index (κ3) is 1.73. The van der Waals surface area contributed by atoms with Gasteiger partial charge in [0.15, 0.2) is 0 Å². The molecule has 2 nitrogen and oxygen atoms in total. The highest BCUT2D eigenvalue weighted by Crippen LogP contribution is 2.39. The van der Waals surface area contributed by atoms with Gasteiger partial charge < -0.3 is 9.13 Å². The van der Waals surface area contributed by atoms with Crippen LogP contribution in [0.4, 0.5) is 4.39 Å². The molecule has 0 atom stereocenters. The van der Waals surface area contributed by atoms with Crippen LogP contribution >= 0.6 is 0 Å². The number of hydrogen-bond donors (Lipinski definition) is 0. The summed E-state index contributed by atoms with van der Waals surface area (Å²) >= 11 is 0. The lowest BCUT2D eigenvalue weighted by Gasteiger charge is -2.33. The van der Waals surface area contributed by atoms with Gasteiger partial charge in [0.25, 0.3) is 6.71 Å². The SMILES string of the molecule is Fc1ccc2c3c1c1ccccc1n3-c1ccc3c4ccccc4n4c3c1B2c1ccccc1-4. The van der Waals surface area contributed by atoms with Crippen LogP contribution in [0, 0.1) is 5.82 Å². The first-order valence-electron chi connectivity index (χ1n) is 11.7. The van der Waals surface area contributed by atoms with E-state index in [2.05, 4.69) is 75.9 Å². The van der Waals surface area contributed by atoms with Gasteiger partial charge in [-0.1, -0.05) is 66.7 Å². The molecular formula is C30H16BFN2. The van der Waals surface area contributed by atoms with Crippen LogP contribution < -0.4 is 16.4 Å². The van der Waals surface area contributed by atoms with E-state index >= 15 is 4.39 Å². The molecule has 4 heteroatoms. The molecule has 0 aliphatic carbocycles. The lowest BCUT2D eigenvalue weighted by molar-refractivity contribution is 0.641. The number of aromatic nitrogens is 2. The summed E-state index contributed by atoms with van der Waals surface area (Å²) in [7, 11) is 0. The van der Waals surface area contributed by atoms with E-state index in [9.17, 15) is 0 Å². The van der Waals surface area contributed by atoms with Gasteiger partial charge in [-0.25, -0.2) is 4.39 Å². The Kier molecular flexibility index (Phi) is 2.83. The monoisotopic (exact) mass is 434 g/mol. The van der Waals surface area contributed by atoms with E-state index in [1.165, 1.54) is 43.9 Å². The van der Waals surface area contributed by atoms with Gasteiger partial charge in [0.2, 0.25) is 0 Å². The van der Waals surface area contributed by atoms with Crippen molar-refractivity contribution in [2.24, 2.45) is 0 Å². The highest BCUT2D eigenvalue weighted by Gasteiger charge is 2.40. The quantitative estimate of drug-likeness (QED) is 0.292. The Balaban J connectivity index is 1.62. The normalized spacial score (nSPS) is 13.4. The van der Waals surface area contributed by atoms with Crippen molar-refractivity contribution in [2.75, 3.05) is 0 Å². The Labute approximate surface area is 194 Å². The minimum absolute atomic E-state index is 0.0617. The third-order valence-electron chi connectivity index (χ3n) is 7.98. The average molecular weight is 434 g/mol. The van der Waals surface area contributed by atoms with E-state index in [4.69, 9.17) is 0 Å². The molecule has 0 saturated heterocycles. The number of rotatable bonds is 0. The molecule has 2 aliphatic rings. The molecule has 0 spiro atoms. The molecule has 2 aliphatic heterocycles. The molecule has 7 aromatic rings. The number of nitrogens with zero attached hydrogens (tertiary/aromatic N) is 2. The van der Waals surface area contributed by atoms with Crippen LogP contribution in [0.25, 0.3) is 55.0 Å². The number of fused-ring (bicyclic) bond motifs is 11. The maximum absolute atomic E-state index is 15.4. The van der Waals surface area contributed by atoms with Gasteiger partial charge in [-0.3, -0.25) is 0 Å². The van der Waals surface area contributed by atoms with Gasteiger partial charge in [0, 0.05) is 32.9 Å². The molecule has 5 aromatic carbocycles. The van der Waals surface area contributed by atoms with Crippen LogP contribution in [0.2, 0.25) is 0 Å². The average Bonchev–Trinajstić information content (AvgIpc) is 3.41. The van der Waals surface area contributed by atoms with Gasteiger partial charge in [-0.15, -0.1) is 0 Å². The summed E-state index contributed by atoms with van der Waals surface area (Å²) in [5, 5.41) is 4.23. The fourth-order valence-electron chi connectivity index (χ4n) is 6.78. The van der Waals surface area contributed by atoms with E-state index in [1.54, 1.807) is 6.07 Å². The molecule has 2 aromatic heterocycles. The van der Waals surface area contributed by atoms with Crippen LogP contribution in [-0.4, -0.2) is 15.8 Å². The summed E-state index contributed by atoms with van der Waals surface area (Å²) in [6.07, 6.45) is 0. The van der Waals surface area contributed by atoms with Crippen LogP contribution in [-0.2, 0) is 0 Å². The fourth-order valence-corrected chi connectivity index (χ4v) is 6.78. The van der Waals surface area contributed by atoms with Gasteiger partial charge in [-0.05, 0) is 46.7 Å². The standard InChI is InChI=1S/C30H16BFN2/c32-22-15-14-21-30-27(22)19-8-2-5-11-24(19)34(30)26-16-13-18-17-7-1-4-10-23(17)33-25-12-6-3-9-20(25)31(21)28(26)29(18)33/h1-16H. The Morgan fingerprint density at radius 2 is 1.24 bits per heavy atom.